The maximum atomic E-state index is 13.2. The molecule has 5 nitrogen and oxygen atoms in total. The van der Waals surface area contributed by atoms with E-state index in [1.165, 1.54) is 24.1 Å². The fourth-order valence-electron chi connectivity index (χ4n) is 4.86. The first-order chi connectivity index (χ1) is 15.2. The number of nitrogens with one attached hydrogen (secondary N) is 1. The molecule has 1 aliphatic carbocycles. The molecule has 0 unspecified atom stereocenters. The average molecular weight is 433 g/mol. The number of hydrogen-bond acceptors (Lipinski definition) is 5. The Hall–Kier alpha value is -2.73. The summed E-state index contributed by atoms with van der Waals surface area (Å²) in [6.45, 7) is 2.13. The number of aromatic nitrogens is 2. The van der Waals surface area contributed by atoms with Gasteiger partial charge in [-0.25, -0.2) is 0 Å². The molecule has 1 saturated heterocycles. The van der Waals surface area contributed by atoms with Crippen LogP contribution in [0.3, 0.4) is 0 Å². The zero-order chi connectivity index (χ0) is 21.1. The van der Waals surface area contributed by atoms with Crippen molar-refractivity contribution in [3.8, 4) is 11.3 Å². The first-order valence-electron chi connectivity index (χ1n) is 11.3. The van der Waals surface area contributed by atoms with Gasteiger partial charge in [0.2, 0.25) is 5.91 Å². The highest BCUT2D eigenvalue weighted by atomic mass is 32.1. The summed E-state index contributed by atoms with van der Waals surface area (Å²) in [5.41, 5.74) is 2.31. The number of carbonyl (C=O) groups excluding carboxylic acids is 1. The fraction of sp³-hybridized carbons (Fsp3) is 0.400. The molecule has 160 valence electrons. The second-order valence-electron chi connectivity index (χ2n) is 8.62. The second kappa shape index (κ2) is 8.79. The summed E-state index contributed by atoms with van der Waals surface area (Å²) in [7, 11) is 0. The number of benzene rings is 1. The molecule has 0 bridgehead atoms. The first kappa shape index (κ1) is 20.2. The number of amides is 1. The zero-order valence-electron chi connectivity index (χ0n) is 17.7. The smallest absolute Gasteiger partial charge is 0.235 e. The summed E-state index contributed by atoms with van der Waals surface area (Å²) in [5.74, 6) is 1.08. The molecule has 3 aromatic rings. The Balaban J connectivity index is 1.28. The lowest BCUT2D eigenvalue weighted by Crippen LogP contribution is -2.37. The van der Waals surface area contributed by atoms with Gasteiger partial charge in [-0.3, -0.25) is 4.79 Å². The van der Waals surface area contributed by atoms with E-state index in [1.54, 1.807) is 11.3 Å². The number of thiophene rings is 1. The van der Waals surface area contributed by atoms with Gasteiger partial charge in [-0.15, -0.1) is 21.5 Å². The molecule has 3 heterocycles. The summed E-state index contributed by atoms with van der Waals surface area (Å²) in [6.07, 6.45) is 7.83. The van der Waals surface area contributed by atoms with Crippen molar-refractivity contribution >= 4 is 28.7 Å². The quantitative estimate of drug-likeness (QED) is 0.566. The van der Waals surface area contributed by atoms with Gasteiger partial charge in [0, 0.05) is 29.2 Å². The lowest BCUT2D eigenvalue weighted by molar-refractivity contribution is -0.121. The highest BCUT2D eigenvalue weighted by molar-refractivity contribution is 7.10. The molecule has 1 amide bonds. The average Bonchev–Trinajstić information content (AvgIpc) is 3.53. The van der Waals surface area contributed by atoms with Gasteiger partial charge in [0.1, 0.15) is 0 Å². The fourth-order valence-corrected chi connectivity index (χ4v) is 5.84. The Morgan fingerprint density at radius 3 is 2.32 bits per heavy atom. The highest BCUT2D eigenvalue weighted by Gasteiger charge is 2.43. The number of hydrogen-bond donors (Lipinski definition) is 1. The number of nitrogens with zero attached hydrogens (tertiary/aromatic N) is 3. The summed E-state index contributed by atoms with van der Waals surface area (Å²) >= 11 is 1.69. The third kappa shape index (κ3) is 4.09. The van der Waals surface area contributed by atoms with Gasteiger partial charge in [0.25, 0.3) is 0 Å². The van der Waals surface area contributed by atoms with Gasteiger partial charge in [-0.05, 0) is 67.8 Å². The van der Waals surface area contributed by atoms with Crippen LogP contribution in [0.25, 0.3) is 11.3 Å². The minimum atomic E-state index is -0.372. The molecule has 2 aromatic heterocycles. The molecule has 1 N–H and O–H groups in total. The molecule has 5 rings (SSSR count). The zero-order valence-corrected chi connectivity index (χ0v) is 18.5. The topological polar surface area (TPSA) is 58.1 Å². The van der Waals surface area contributed by atoms with Crippen LogP contribution in [0.5, 0.6) is 0 Å². The van der Waals surface area contributed by atoms with Crippen LogP contribution in [-0.4, -0.2) is 29.2 Å². The van der Waals surface area contributed by atoms with E-state index in [4.69, 9.17) is 0 Å². The molecule has 1 aliphatic heterocycles. The number of piperidine rings is 1. The predicted molar refractivity (Wildman–Crippen MR) is 127 cm³/mol. The highest BCUT2D eigenvalue weighted by Crippen LogP contribution is 2.44. The Morgan fingerprint density at radius 2 is 1.68 bits per heavy atom. The predicted octanol–water partition coefficient (Wildman–Crippen LogP) is 5.65. The summed E-state index contributed by atoms with van der Waals surface area (Å²) in [6, 6.07) is 16.2. The Labute approximate surface area is 187 Å². The number of carbonyl (C=O) groups is 1. The summed E-state index contributed by atoms with van der Waals surface area (Å²) < 4.78 is 0. The largest absolute Gasteiger partial charge is 0.355 e. The van der Waals surface area contributed by atoms with Crippen molar-refractivity contribution in [1.82, 2.24) is 10.2 Å². The van der Waals surface area contributed by atoms with E-state index in [0.717, 1.165) is 61.5 Å². The third-order valence-corrected chi connectivity index (χ3v) is 7.73. The molecule has 0 atom stereocenters. The lowest BCUT2D eigenvalue weighted by Gasteiger charge is -2.27. The van der Waals surface area contributed by atoms with E-state index in [-0.39, 0.29) is 11.3 Å². The van der Waals surface area contributed by atoms with Crippen molar-refractivity contribution in [2.75, 3.05) is 23.3 Å². The van der Waals surface area contributed by atoms with Crippen molar-refractivity contribution in [3.05, 3.63) is 58.8 Å². The van der Waals surface area contributed by atoms with Crippen LogP contribution in [0.2, 0.25) is 0 Å². The van der Waals surface area contributed by atoms with Gasteiger partial charge in [0.05, 0.1) is 11.1 Å². The van der Waals surface area contributed by atoms with E-state index in [2.05, 4.69) is 37.9 Å². The Kier molecular flexibility index (Phi) is 5.72. The van der Waals surface area contributed by atoms with Crippen LogP contribution < -0.4 is 10.2 Å². The molecule has 0 radical (unpaired) electrons. The van der Waals surface area contributed by atoms with Gasteiger partial charge in [0.15, 0.2) is 5.82 Å². The van der Waals surface area contributed by atoms with Crippen LogP contribution in [0.4, 0.5) is 11.5 Å². The van der Waals surface area contributed by atoms with Gasteiger partial charge in [-0.2, -0.15) is 0 Å². The molecule has 1 aromatic carbocycles. The maximum absolute atomic E-state index is 13.2. The SMILES string of the molecule is O=C(Nc1ccc(-c2ccc(N3CCCCC3)nn2)cc1)C1(c2cccs2)CCCC1. The minimum Gasteiger partial charge on any atom is -0.355 e. The minimum absolute atomic E-state index is 0.117. The maximum Gasteiger partial charge on any atom is 0.235 e. The molecule has 6 heteroatoms. The normalized spacial score (nSPS) is 18.1. The number of rotatable bonds is 5. The molecular weight excluding hydrogens is 404 g/mol. The van der Waals surface area contributed by atoms with E-state index in [9.17, 15) is 4.79 Å². The summed E-state index contributed by atoms with van der Waals surface area (Å²) in [5, 5.41) is 14.1. The second-order valence-corrected chi connectivity index (χ2v) is 9.57. The first-order valence-corrected chi connectivity index (χ1v) is 12.2. The monoisotopic (exact) mass is 432 g/mol. The van der Waals surface area contributed by atoms with Crippen LogP contribution in [-0.2, 0) is 10.2 Å². The Bertz CT molecular complexity index is 1000. The van der Waals surface area contributed by atoms with Crippen LogP contribution in [0, 0.1) is 0 Å². The summed E-state index contributed by atoms with van der Waals surface area (Å²) in [4.78, 5) is 16.7. The van der Waals surface area contributed by atoms with Crippen LogP contribution >= 0.6 is 11.3 Å². The van der Waals surface area contributed by atoms with Crippen molar-refractivity contribution in [1.29, 1.82) is 0 Å². The molecule has 1 saturated carbocycles. The van der Waals surface area contributed by atoms with Gasteiger partial charge in [-0.1, -0.05) is 31.0 Å². The lowest BCUT2D eigenvalue weighted by atomic mass is 9.83. The van der Waals surface area contributed by atoms with Gasteiger partial charge < -0.3 is 10.2 Å². The molecular formula is C25H28N4OS. The standard InChI is InChI=1S/C25H28N4OS/c30-24(25(14-2-3-15-25)22-7-6-18-31-22)26-20-10-8-19(9-11-20)21-12-13-23(28-27-21)29-16-4-1-5-17-29/h6-13,18H,1-5,14-17H2,(H,26,30). The van der Waals surface area contributed by atoms with Crippen molar-refractivity contribution in [2.45, 2.75) is 50.4 Å². The van der Waals surface area contributed by atoms with Crippen molar-refractivity contribution < 1.29 is 4.79 Å². The third-order valence-electron chi connectivity index (χ3n) is 6.65. The van der Waals surface area contributed by atoms with Crippen molar-refractivity contribution in [2.24, 2.45) is 0 Å². The molecule has 0 spiro atoms. The van der Waals surface area contributed by atoms with Crippen LogP contribution in [0.15, 0.2) is 53.9 Å². The molecule has 31 heavy (non-hydrogen) atoms. The molecule has 2 aliphatic rings. The van der Waals surface area contributed by atoms with Gasteiger partial charge >= 0.3 is 0 Å². The number of anilines is 2. The molecule has 2 fully saturated rings. The van der Waals surface area contributed by atoms with Crippen LogP contribution in [0.1, 0.15) is 49.8 Å². The van der Waals surface area contributed by atoms with E-state index >= 15 is 0 Å². The Morgan fingerprint density at radius 1 is 0.903 bits per heavy atom. The van der Waals surface area contributed by atoms with E-state index in [0.29, 0.717) is 0 Å². The van der Waals surface area contributed by atoms with E-state index in [1.807, 2.05) is 36.4 Å². The van der Waals surface area contributed by atoms with Crippen molar-refractivity contribution in [3.63, 3.8) is 0 Å². The van der Waals surface area contributed by atoms with E-state index < -0.39 is 0 Å².